The van der Waals surface area contributed by atoms with E-state index in [1.54, 1.807) is 18.2 Å². The van der Waals surface area contributed by atoms with Gasteiger partial charge in [0, 0.05) is 5.69 Å². The standard InChI is InChI=1S/C20H13BrN2O2/c21-18-10-13(5-8-19(18)24)9-16(12-22)20(25)23-17-7-6-14-3-1-2-4-15(14)11-17/h1-11,24H,(H,23,25)/b16-9+. The Kier molecular flexibility index (Phi) is 4.82. The quantitative estimate of drug-likeness (QED) is 0.493. The van der Waals surface area contributed by atoms with Gasteiger partial charge < -0.3 is 10.4 Å². The zero-order chi connectivity index (χ0) is 17.8. The van der Waals surface area contributed by atoms with Crippen molar-refractivity contribution in [2.24, 2.45) is 0 Å². The van der Waals surface area contributed by atoms with Crippen LogP contribution in [0.4, 0.5) is 5.69 Å². The number of benzene rings is 3. The summed E-state index contributed by atoms with van der Waals surface area (Å²) in [4.78, 5) is 12.4. The van der Waals surface area contributed by atoms with Crippen LogP contribution >= 0.6 is 15.9 Å². The molecule has 0 fully saturated rings. The Labute approximate surface area is 153 Å². The van der Waals surface area contributed by atoms with E-state index >= 15 is 0 Å². The Bertz CT molecular complexity index is 1040. The molecule has 0 saturated heterocycles. The lowest BCUT2D eigenvalue weighted by atomic mass is 10.1. The number of anilines is 1. The fourth-order valence-electron chi connectivity index (χ4n) is 2.39. The van der Waals surface area contributed by atoms with Crippen LogP contribution in [0.3, 0.4) is 0 Å². The second-order valence-corrected chi connectivity index (χ2v) is 6.25. The normalized spacial score (nSPS) is 11.1. The molecule has 5 heteroatoms. The van der Waals surface area contributed by atoms with Crippen molar-refractivity contribution in [3.8, 4) is 11.8 Å². The van der Waals surface area contributed by atoms with Crippen molar-refractivity contribution < 1.29 is 9.90 Å². The first-order valence-corrected chi connectivity index (χ1v) is 8.26. The van der Waals surface area contributed by atoms with E-state index in [0.717, 1.165) is 10.8 Å². The van der Waals surface area contributed by atoms with E-state index in [1.165, 1.54) is 12.1 Å². The Morgan fingerprint density at radius 2 is 1.84 bits per heavy atom. The molecule has 122 valence electrons. The fraction of sp³-hybridized carbons (Fsp3) is 0. The van der Waals surface area contributed by atoms with Gasteiger partial charge in [-0.1, -0.05) is 36.4 Å². The van der Waals surface area contributed by atoms with Gasteiger partial charge in [-0.25, -0.2) is 0 Å². The second-order valence-electron chi connectivity index (χ2n) is 5.40. The highest BCUT2D eigenvalue weighted by molar-refractivity contribution is 9.10. The predicted molar refractivity (Wildman–Crippen MR) is 102 cm³/mol. The summed E-state index contributed by atoms with van der Waals surface area (Å²) in [5.74, 6) is -0.391. The molecule has 0 radical (unpaired) electrons. The van der Waals surface area contributed by atoms with Crippen LogP contribution < -0.4 is 5.32 Å². The van der Waals surface area contributed by atoms with Crippen molar-refractivity contribution in [2.45, 2.75) is 0 Å². The topological polar surface area (TPSA) is 73.1 Å². The predicted octanol–water partition coefficient (Wildman–Crippen LogP) is 4.85. The number of carbonyl (C=O) groups is 1. The minimum Gasteiger partial charge on any atom is -0.507 e. The number of halogens is 1. The van der Waals surface area contributed by atoms with Gasteiger partial charge in [0.15, 0.2) is 0 Å². The maximum atomic E-state index is 12.4. The average molecular weight is 393 g/mol. The van der Waals surface area contributed by atoms with Crippen molar-refractivity contribution in [3.63, 3.8) is 0 Å². The van der Waals surface area contributed by atoms with Gasteiger partial charge in [-0.15, -0.1) is 0 Å². The first-order valence-electron chi connectivity index (χ1n) is 7.47. The second kappa shape index (κ2) is 7.20. The number of fused-ring (bicyclic) bond motifs is 1. The Balaban J connectivity index is 1.85. The van der Waals surface area contributed by atoms with Crippen molar-refractivity contribution in [1.29, 1.82) is 5.26 Å². The lowest BCUT2D eigenvalue weighted by Crippen LogP contribution is -2.13. The van der Waals surface area contributed by atoms with Crippen LogP contribution in [0.15, 0.2) is 70.7 Å². The lowest BCUT2D eigenvalue weighted by molar-refractivity contribution is -0.112. The van der Waals surface area contributed by atoms with Crippen molar-refractivity contribution in [3.05, 3.63) is 76.3 Å². The van der Waals surface area contributed by atoms with Crippen LogP contribution in [0.2, 0.25) is 0 Å². The number of hydrogen-bond acceptors (Lipinski definition) is 3. The van der Waals surface area contributed by atoms with Crippen molar-refractivity contribution >= 4 is 44.4 Å². The van der Waals surface area contributed by atoms with Crippen LogP contribution in [0, 0.1) is 11.3 Å². The first-order chi connectivity index (χ1) is 12.1. The minimum atomic E-state index is -0.484. The van der Waals surface area contributed by atoms with Crippen LogP contribution in [0.5, 0.6) is 5.75 Å². The van der Waals surface area contributed by atoms with E-state index in [0.29, 0.717) is 15.7 Å². The number of phenolic OH excluding ortho intramolecular Hbond substituents is 1. The van der Waals surface area contributed by atoms with Crippen molar-refractivity contribution in [2.75, 3.05) is 5.32 Å². The molecule has 0 aliphatic carbocycles. The molecule has 25 heavy (non-hydrogen) atoms. The van der Waals surface area contributed by atoms with Gasteiger partial charge in [0.1, 0.15) is 17.4 Å². The lowest BCUT2D eigenvalue weighted by Gasteiger charge is -2.06. The maximum absolute atomic E-state index is 12.4. The number of carbonyl (C=O) groups excluding carboxylic acids is 1. The summed E-state index contributed by atoms with van der Waals surface area (Å²) in [6, 6.07) is 20.1. The summed E-state index contributed by atoms with van der Waals surface area (Å²) in [7, 11) is 0. The highest BCUT2D eigenvalue weighted by Gasteiger charge is 2.10. The highest BCUT2D eigenvalue weighted by atomic mass is 79.9. The molecule has 0 unspecified atom stereocenters. The minimum absolute atomic E-state index is 0.0225. The number of rotatable bonds is 3. The van der Waals surface area contributed by atoms with Gasteiger partial charge in [-0.05, 0) is 62.6 Å². The molecule has 0 heterocycles. The third-order valence-electron chi connectivity index (χ3n) is 3.66. The van der Waals surface area contributed by atoms with Crippen LogP contribution in [-0.4, -0.2) is 11.0 Å². The molecule has 0 aromatic heterocycles. The molecule has 4 nitrogen and oxygen atoms in total. The molecule has 1 amide bonds. The summed E-state index contributed by atoms with van der Waals surface area (Å²) >= 11 is 3.21. The Hall–Kier alpha value is -3.10. The Morgan fingerprint density at radius 1 is 1.08 bits per heavy atom. The van der Waals surface area contributed by atoms with E-state index in [4.69, 9.17) is 0 Å². The zero-order valence-electron chi connectivity index (χ0n) is 13.0. The molecule has 3 aromatic carbocycles. The monoisotopic (exact) mass is 392 g/mol. The van der Waals surface area contributed by atoms with Gasteiger partial charge in [0.05, 0.1) is 4.47 Å². The number of nitrogens with zero attached hydrogens (tertiary/aromatic N) is 1. The molecule has 0 aliphatic rings. The molecule has 0 aliphatic heterocycles. The fourth-order valence-corrected chi connectivity index (χ4v) is 2.79. The summed E-state index contributed by atoms with van der Waals surface area (Å²) in [5.41, 5.74) is 1.23. The number of phenols is 1. The van der Waals surface area contributed by atoms with E-state index in [1.807, 2.05) is 42.5 Å². The van der Waals surface area contributed by atoms with Crippen LogP contribution in [0.25, 0.3) is 16.8 Å². The number of nitrogens with one attached hydrogen (secondary N) is 1. The zero-order valence-corrected chi connectivity index (χ0v) is 14.6. The number of hydrogen-bond donors (Lipinski definition) is 2. The molecule has 2 N–H and O–H groups in total. The van der Waals surface area contributed by atoms with E-state index in [9.17, 15) is 15.2 Å². The molecule has 0 atom stereocenters. The molecule has 0 bridgehead atoms. The Morgan fingerprint density at radius 3 is 2.56 bits per heavy atom. The van der Waals surface area contributed by atoms with Crippen molar-refractivity contribution in [1.82, 2.24) is 0 Å². The molecule has 0 saturated carbocycles. The largest absolute Gasteiger partial charge is 0.507 e. The van der Waals surface area contributed by atoms with Gasteiger partial charge in [-0.3, -0.25) is 4.79 Å². The van der Waals surface area contributed by atoms with Crippen LogP contribution in [0.1, 0.15) is 5.56 Å². The first kappa shape index (κ1) is 16.7. The molecule has 0 spiro atoms. The summed E-state index contributed by atoms with van der Waals surface area (Å²) in [5, 5.41) is 23.6. The van der Waals surface area contributed by atoms with Gasteiger partial charge in [0.2, 0.25) is 0 Å². The van der Waals surface area contributed by atoms with E-state index in [2.05, 4.69) is 21.2 Å². The van der Waals surface area contributed by atoms with Gasteiger partial charge in [-0.2, -0.15) is 5.26 Å². The summed E-state index contributed by atoms with van der Waals surface area (Å²) in [6.45, 7) is 0. The van der Waals surface area contributed by atoms with Gasteiger partial charge >= 0.3 is 0 Å². The van der Waals surface area contributed by atoms with Crippen LogP contribution in [-0.2, 0) is 4.79 Å². The maximum Gasteiger partial charge on any atom is 0.266 e. The third kappa shape index (κ3) is 3.87. The summed E-state index contributed by atoms with van der Waals surface area (Å²) < 4.78 is 0.494. The number of aromatic hydroxyl groups is 1. The summed E-state index contributed by atoms with van der Waals surface area (Å²) in [6.07, 6.45) is 1.47. The third-order valence-corrected chi connectivity index (χ3v) is 4.29. The van der Waals surface area contributed by atoms with E-state index < -0.39 is 5.91 Å². The number of nitriles is 1. The molecule has 3 rings (SSSR count). The molecular formula is C20H13BrN2O2. The highest BCUT2D eigenvalue weighted by Crippen LogP contribution is 2.25. The molecular weight excluding hydrogens is 380 g/mol. The smallest absolute Gasteiger partial charge is 0.266 e. The van der Waals surface area contributed by atoms with E-state index in [-0.39, 0.29) is 11.3 Å². The molecule has 3 aromatic rings. The SMILES string of the molecule is N#C/C(=C\c1ccc(O)c(Br)c1)C(=O)Nc1ccc2ccccc2c1. The average Bonchev–Trinajstić information content (AvgIpc) is 2.62. The van der Waals surface area contributed by atoms with Gasteiger partial charge in [0.25, 0.3) is 5.91 Å². The number of amides is 1.